The number of halogens is 3. The summed E-state index contributed by atoms with van der Waals surface area (Å²) in [7, 11) is 1.63. The van der Waals surface area contributed by atoms with Crippen LogP contribution in [0.2, 0.25) is 0 Å². The van der Waals surface area contributed by atoms with Gasteiger partial charge in [0.05, 0.1) is 11.6 Å². The Morgan fingerprint density at radius 3 is 2.50 bits per heavy atom. The minimum Gasteiger partial charge on any atom is -0.336 e. The lowest BCUT2D eigenvalue weighted by atomic mass is 10.1. The Labute approximate surface area is 102 Å². The maximum Gasteiger partial charge on any atom is 0.433 e. The van der Waals surface area contributed by atoms with Crippen LogP contribution in [0.25, 0.3) is 0 Å². The van der Waals surface area contributed by atoms with Gasteiger partial charge in [0.25, 0.3) is 5.91 Å². The van der Waals surface area contributed by atoms with E-state index in [4.69, 9.17) is 0 Å². The zero-order valence-corrected chi connectivity index (χ0v) is 9.66. The number of nitrogens with one attached hydrogen (secondary N) is 1. The first-order valence-corrected chi connectivity index (χ1v) is 5.40. The number of amides is 1. The first kappa shape index (κ1) is 12.8. The second-order valence-electron chi connectivity index (χ2n) is 4.16. The normalized spacial score (nSPS) is 16.2. The van der Waals surface area contributed by atoms with Crippen molar-refractivity contribution in [2.75, 3.05) is 20.1 Å². The monoisotopic (exact) mass is 259 g/mol. The molecule has 0 unspecified atom stereocenters. The van der Waals surface area contributed by atoms with E-state index in [1.165, 1.54) is 4.90 Å². The number of aromatic nitrogens is 1. The van der Waals surface area contributed by atoms with Gasteiger partial charge in [0.15, 0.2) is 0 Å². The van der Waals surface area contributed by atoms with Crippen LogP contribution in [0.1, 0.15) is 16.1 Å². The average Bonchev–Trinajstić information content (AvgIpc) is 2.24. The van der Waals surface area contributed by atoms with Gasteiger partial charge in [-0.2, -0.15) is 13.2 Å². The number of alkyl halides is 3. The fraction of sp³-hybridized carbons (Fsp3) is 0.455. The van der Waals surface area contributed by atoms with Crippen molar-refractivity contribution in [2.45, 2.75) is 12.2 Å². The first-order chi connectivity index (χ1) is 8.39. The highest BCUT2D eigenvalue weighted by Gasteiger charge is 2.33. The van der Waals surface area contributed by atoms with Gasteiger partial charge in [-0.15, -0.1) is 0 Å². The van der Waals surface area contributed by atoms with E-state index in [9.17, 15) is 18.0 Å². The zero-order chi connectivity index (χ0) is 13.3. The number of hydrogen-bond acceptors (Lipinski definition) is 3. The van der Waals surface area contributed by atoms with Gasteiger partial charge in [-0.05, 0) is 12.1 Å². The molecule has 0 bridgehead atoms. The summed E-state index contributed by atoms with van der Waals surface area (Å²) < 4.78 is 36.9. The molecule has 98 valence electrons. The van der Waals surface area contributed by atoms with Crippen LogP contribution >= 0.6 is 0 Å². The number of carbonyl (C=O) groups is 1. The molecule has 0 spiro atoms. The largest absolute Gasteiger partial charge is 0.433 e. The van der Waals surface area contributed by atoms with Crippen molar-refractivity contribution in [2.24, 2.45) is 0 Å². The predicted octanol–water partition coefficient (Wildman–Crippen LogP) is 1.14. The van der Waals surface area contributed by atoms with E-state index in [-0.39, 0.29) is 17.5 Å². The predicted molar refractivity (Wildman–Crippen MR) is 58.0 cm³/mol. The van der Waals surface area contributed by atoms with E-state index in [0.717, 1.165) is 18.3 Å². The SMILES string of the molecule is CN(C(=O)c1ccc(C(F)(F)F)nc1)C1CNC1. The van der Waals surface area contributed by atoms with Crippen molar-refractivity contribution in [3.63, 3.8) is 0 Å². The van der Waals surface area contributed by atoms with Gasteiger partial charge in [-0.3, -0.25) is 9.78 Å². The van der Waals surface area contributed by atoms with Crippen molar-refractivity contribution < 1.29 is 18.0 Å². The zero-order valence-electron chi connectivity index (χ0n) is 9.66. The highest BCUT2D eigenvalue weighted by atomic mass is 19.4. The number of nitrogens with zero attached hydrogens (tertiary/aromatic N) is 2. The Morgan fingerprint density at radius 2 is 2.11 bits per heavy atom. The van der Waals surface area contributed by atoms with Crippen LogP contribution in [-0.2, 0) is 6.18 Å². The molecule has 0 aliphatic carbocycles. The van der Waals surface area contributed by atoms with Crippen LogP contribution in [0, 0.1) is 0 Å². The summed E-state index contributed by atoms with van der Waals surface area (Å²) in [6.45, 7) is 1.41. The lowest BCUT2D eigenvalue weighted by Gasteiger charge is -2.35. The van der Waals surface area contributed by atoms with Gasteiger partial charge in [-0.25, -0.2) is 0 Å². The quantitative estimate of drug-likeness (QED) is 0.866. The third kappa shape index (κ3) is 2.45. The van der Waals surface area contributed by atoms with E-state index >= 15 is 0 Å². The third-order valence-corrected chi connectivity index (χ3v) is 2.93. The average molecular weight is 259 g/mol. The Balaban J connectivity index is 2.11. The Bertz CT molecular complexity index is 440. The van der Waals surface area contributed by atoms with Crippen LogP contribution in [0.3, 0.4) is 0 Å². The smallest absolute Gasteiger partial charge is 0.336 e. The lowest BCUT2D eigenvalue weighted by Crippen LogP contribution is -2.57. The summed E-state index contributed by atoms with van der Waals surface area (Å²) in [6, 6.07) is 2.07. The minimum atomic E-state index is -4.48. The summed E-state index contributed by atoms with van der Waals surface area (Å²) in [6.07, 6.45) is -3.51. The van der Waals surface area contributed by atoms with Crippen LogP contribution in [0.4, 0.5) is 13.2 Å². The molecule has 1 aromatic heterocycles. The second-order valence-corrected chi connectivity index (χ2v) is 4.16. The highest BCUT2D eigenvalue weighted by molar-refractivity contribution is 5.94. The molecule has 2 rings (SSSR count). The summed E-state index contributed by atoms with van der Waals surface area (Å²) in [5.41, 5.74) is -0.829. The summed E-state index contributed by atoms with van der Waals surface area (Å²) >= 11 is 0. The molecule has 2 heterocycles. The molecule has 1 fully saturated rings. The fourth-order valence-electron chi connectivity index (χ4n) is 1.60. The van der Waals surface area contributed by atoms with E-state index in [0.29, 0.717) is 13.1 Å². The van der Waals surface area contributed by atoms with Gasteiger partial charge in [-0.1, -0.05) is 0 Å². The lowest BCUT2D eigenvalue weighted by molar-refractivity contribution is -0.141. The fourth-order valence-corrected chi connectivity index (χ4v) is 1.60. The maximum atomic E-state index is 12.3. The van der Waals surface area contributed by atoms with Crippen molar-refractivity contribution in [1.82, 2.24) is 15.2 Å². The Hall–Kier alpha value is -1.63. The molecule has 1 amide bonds. The van der Waals surface area contributed by atoms with Gasteiger partial charge in [0.2, 0.25) is 0 Å². The summed E-state index contributed by atoms with van der Waals surface area (Å²) in [5.74, 6) is -0.317. The Morgan fingerprint density at radius 1 is 1.44 bits per heavy atom. The third-order valence-electron chi connectivity index (χ3n) is 2.93. The topological polar surface area (TPSA) is 45.2 Å². The van der Waals surface area contributed by atoms with E-state index in [1.807, 2.05) is 0 Å². The van der Waals surface area contributed by atoms with Crippen molar-refractivity contribution in [3.8, 4) is 0 Å². The van der Waals surface area contributed by atoms with Crippen LogP contribution in [-0.4, -0.2) is 42.0 Å². The molecule has 4 nitrogen and oxygen atoms in total. The van der Waals surface area contributed by atoms with E-state index in [2.05, 4.69) is 10.3 Å². The molecular formula is C11H12F3N3O. The van der Waals surface area contributed by atoms with Crippen molar-refractivity contribution in [3.05, 3.63) is 29.6 Å². The van der Waals surface area contributed by atoms with E-state index < -0.39 is 11.9 Å². The van der Waals surface area contributed by atoms with Crippen LogP contribution < -0.4 is 5.32 Å². The van der Waals surface area contributed by atoms with Gasteiger partial charge in [0.1, 0.15) is 5.69 Å². The molecule has 1 aliphatic heterocycles. The molecule has 0 aromatic carbocycles. The molecule has 7 heteroatoms. The summed E-state index contributed by atoms with van der Waals surface area (Å²) in [4.78, 5) is 16.7. The number of pyridine rings is 1. The molecule has 1 aliphatic rings. The number of likely N-dealkylation sites (N-methyl/N-ethyl adjacent to an activating group) is 1. The van der Waals surface area contributed by atoms with Gasteiger partial charge < -0.3 is 10.2 Å². The van der Waals surface area contributed by atoms with Crippen molar-refractivity contribution in [1.29, 1.82) is 0 Å². The van der Waals surface area contributed by atoms with Gasteiger partial charge in [0, 0.05) is 26.3 Å². The number of rotatable bonds is 2. The minimum absolute atomic E-state index is 0.0970. The summed E-state index contributed by atoms with van der Waals surface area (Å²) in [5, 5.41) is 3.02. The molecule has 0 saturated carbocycles. The molecule has 18 heavy (non-hydrogen) atoms. The molecule has 1 N–H and O–H groups in total. The first-order valence-electron chi connectivity index (χ1n) is 5.40. The van der Waals surface area contributed by atoms with E-state index in [1.54, 1.807) is 7.05 Å². The van der Waals surface area contributed by atoms with Crippen molar-refractivity contribution >= 4 is 5.91 Å². The molecule has 0 radical (unpaired) electrons. The van der Waals surface area contributed by atoms with Crippen LogP contribution in [0.5, 0.6) is 0 Å². The van der Waals surface area contributed by atoms with Gasteiger partial charge >= 0.3 is 6.18 Å². The molecule has 1 aromatic rings. The molecule has 1 saturated heterocycles. The number of carbonyl (C=O) groups excluding carboxylic acids is 1. The van der Waals surface area contributed by atoms with Crippen LogP contribution in [0.15, 0.2) is 18.3 Å². The molecule has 0 atom stereocenters. The standard InChI is InChI=1S/C11H12F3N3O/c1-17(8-5-15-6-8)10(18)7-2-3-9(16-4-7)11(12,13)14/h2-4,8,15H,5-6H2,1H3. The molecular weight excluding hydrogens is 247 g/mol. The highest BCUT2D eigenvalue weighted by Crippen LogP contribution is 2.27. The Kier molecular flexibility index (Phi) is 3.25. The number of hydrogen-bond donors (Lipinski definition) is 1. The second kappa shape index (κ2) is 4.56. The maximum absolute atomic E-state index is 12.3.